The highest BCUT2D eigenvalue weighted by molar-refractivity contribution is 5.97. The predicted octanol–water partition coefficient (Wildman–Crippen LogP) is 3.30. The normalized spacial score (nSPS) is 10.4. The Morgan fingerprint density at radius 1 is 1.17 bits per heavy atom. The fraction of sp³-hybridized carbons (Fsp3) is 0.0667. The van der Waals surface area contributed by atoms with Crippen LogP contribution in [0.3, 0.4) is 0 Å². The third kappa shape index (κ3) is 1.64. The molecule has 18 heavy (non-hydrogen) atoms. The van der Waals surface area contributed by atoms with E-state index in [4.69, 9.17) is 5.26 Å². The third-order valence-electron chi connectivity index (χ3n) is 3.05. The van der Waals surface area contributed by atoms with E-state index >= 15 is 0 Å². The maximum absolute atomic E-state index is 8.89. The van der Waals surface area contributed by atoms with Crippen molar-refractivity contribution in [3.63, 3.8) is 0 Å². The van der Waals surface area contributed by atoms with E-state index in [0.29, 0.717) is 6.42 Å². The van der Waals surface area contributed by atoms with Gasteiger partial charge in [0.2, 0.25) is 0 Å². The first kappa shape index (κ1) is 10.5. The van der Waals surface area contributed by atoms with Gasteiger partial charge in [0, 0.05) is 29.5 Å². The van der Waals surface area contributed by atoms with Crippen molar-refractivity contribution >= 4 is 10.9 Å². The van der Waals surface area contributed by atoms with Crippen LogP contribution in [0, 0.1) is 11.3 Å². The Bertz CT molecular complexity index is 720. The summed E-state index contributed by atoms with van der Waals surface area (Å²) in [7, 11) is 0. The highest BCUT2D eigenvalue weighted by atomic mass is 14.7. The van der Waals surface area contributed by atoms with E-state index in [0.717, 1.165) is 27.6 Å². The smallest absolute Gasteiger partial charge is 0.0670 e. The van der Waals surface area contributed by atoms with E-state index in [2.05, 4.69) is 22.1 Å². The van der Waals surface area contributed by atoms with Gasteiger partial charge in [0.05, 0.1) is 12.5 Å². The minimum atomic E-state index is 0.419. The zero-order valence-corrected chi connectivity index (χ0v) is 9.72. The summed E-state index contributed by atoms with van der Waals surface area (Å²) in [4.78, 5) is 7.25. The zero-order valence-electron chi connectivity index (χ0n) is 9.72. The number of pyridine rings is 1. The molecule has 3 nitrogen and oxygen atoms in total. The van der Waals surface area contributed by atoms with Gasteiger partial charge in [-0.3, -0.25) is 4.98 Å². The standard InChI is InChI=1S/C15H11N3/c16-7-4-12-10-18-14-3-1-2-13(15(12)14)11-5-8-17-9-6-11/h1-3,5-6,8-10,18H,4H2. The highest BCUT2D eigenvalue weighted by Gasteiger charge is 2.09. The first-order valence-corrected chi connectivity index (χ1v) is 5.76. The number of aromatic nitrogens is 2. The van der Waals surface area contributed by atoms with Gasteiger partial charge >= 0.3 is 0 Å². The van der Waals surface area contributed by atoms with Crippen LogP contribution in [-0.2, 0) is 6.42 Å². The topological polar surface area (TPSA) is 52.5 Å². The Kier molecular flexibility index (Phi) is 2.54. The van der Waals surface area contributed by atoms with Crippen LogP contribution in [0.15, 0.2) is 48.9 Å². The molecule has 3 aromatic rings. The molecule has 1 N–H and O–H groups in total. The molecule has 0 atom stereocenters. The van der Waals surface area contributed by atoms with Crippen LogP contribution in [-0.4, -0.2) is 9.97 Å². The largest absolute Gasteiger partial charge is 0.361 e. The molecule has 0 bridgehead atoms. The molecule has 0 spiro atoms. The molecule has 0 aliphatic heterocycles. The Balaban J connectivity index is 2.29. The van der Waals surface area contributed by atoms with Crippen LogP contribution in [0.2, 0.25) is 0 Å². The summed E-state index contributed by atoms with van der Waals surface area (Å²) in [5, 5.41) is 10.0. The number of nitriles is 1. The number of hydrogen-bond acceptors (Lipinski definition) is 2. The number of H-pyrrole nitrogens is 1. The Labute approximate surface area is 105 Å². The van der Waals surface area contributed by atoms with Gasteiger partial charge < -0.3 is 4.98 Å². The van der Waals surface area contributed by atoms with Crippen LogP contribution >= 0.6 is 0 Å². The highest BCUT2D eigenvalue weighted by Crippen LogP contribution is 2.30. The first-order valence-electron chi connectivity index (χ1n) is 5.76. The number of aromatic amines is 1. The van der Waals surface area contributed by atoms with Gasteiger partial charge in [0.15, 0.2) is 0 Å². The van der Waals surface area contributed by atoms with Gasteiger partial charge in [0.25, 0.3) is 0 Å². The SMILES string of the molecule is N#CCc1c[nH]c2cccc(-c3ccncc3)c12. The van der Waals surface area contributed by atoms with E-state index in [1.807, 2.05) is 30.5 Å². The lowest BCUT2D eigenvalue weighted by atomic mass is 9.99. The molecule has 0 aliphatic rings. The molecule has 1 aromatic carbocycles. The molecule has 3 rings (SSSR count). The number of rotatable bonds is 2. The van der Waals surface area contributed by atoms with Crippen LogP contribution in [0.1, 0.15) is 5.56 Å². The van der Waals surface area contributed by atoms with Crippen LogP contribution < -0.4 is 0 Å². The van der Waals surface area contributed by atoms with E-state index in [-0.39, 0.29) is 0 Å². The van der Waals surface area contributed by atoms with Crippen molar-refractivity contribution in [2.75, 3.05) is 0 Å². The molecule has 0 saturated heterocycles. The van der Waals surface area contributed by atoms with Gasteiger partial charge in [0.1, 0.15) is 0 Å². The number of nitrogens with zero attached hydrogens (tertiary/aromatic N) is 2. The quantitative estimate of drug-likeness (QED) is 0.738. The molecule has 2 aromatic heterocycles. The Hall–Kier alpha value is -2.60. The lowest BCUT2D eigenvalue weighted by Crippen LogP contribution is -1.84. The summed E-state index contributed by atoms with van der Waals surface area (Å²) in [5.74, 6) is 0. The lowest BCUT2D eigenvalue weighted by Gasteiger charge is -2.04. The molecule has 0 amide bonds. The lowest BCUT2D eigenvalue weighted by molar-refractivity contribution is 1.27. The van der Waals surface area contributed by atoms with E-state index in [1.165, 1.54) is 0 Å². The predicted molar refractivity (Wildman–Crippen MR) is 70.8 cm³/mol. The zero-order chi connectivity index (χ0) is 12.4. The summed E-state index contributed by atoms with van der Waals surface area (Å²) in [6.07, 6.45) is 5.90. The first-order chi connectivity index (χ1) is 8.90. The Morgan fingerprint density at radius 3 is 2.78 bits per heavy atom. The third-order valence-corrected chi connectivity index (χ3v) is 3.05. The minimum absolute atomic E-state index is 0.419. The molecule has 3 heteroatoms. The summed E-state index contributed by atoms with van der Waals surface area (Å²) in [6.45, 7) is 0. The molecule has 0 aliphatic carbocycles. The van der Waals surface area contributed by atoms with Gasteiger partial charge in [-0.1, -0.05) is 12.1 Å². The molecular formula is C15H11N3. The maximum Gasteiger partial charge on any atom is 0.0670 e. The number of hydrogen-bond donors (Lipinski definition) is 1. The molecule has 0 saturated carbocycles. The van der Waals surface area contributed by atoms with Crippen LogP contribution in [0.4, 0.5) is 0 Å². The second-order valence-corrected chi connectivity index (χ2v) is 4.11. The van der Waals surface area contributed by atoms with Crippen molar-refractivity contribution < 1.29 is 0 Å². The monoisotopic (exact) mass is 233 g/mol. The molecule has 0 radical (unpaired) electrons. The fourth-order valence-electron chi connectivity index (χ4n) is 2.25. The van der Waals surface area contributed by atoms with Crippen LogP contribution in [0.5, 0.6) is 0 Å². The van der Waals surface area contributed by atoms with Crippen molar-refractivity contribution in [1.29, 1.82) is 5.26 Å². The average molecular weight is 233 g/mol. The van der Waals surface area contributed by atoms with E-state index in [1.54, 1.807) is 12.4 Å². The molecular weight excluding hydrogens is 222 g/mol. The molecule has 86 valence electrons. The van der Waals surface area contributed by atoms with Crippen molar-refractivity contribution in [2.24, 2.45) is 0 Å². The van der Waals surface area contributed by atoms with Gasteiger partial charge in [-0.15, -0.1) is 0 Å². The van der Waals surface area contributed by atoms with Crippen molar-refractivity contribution in [1.82, 2.24) is 9.97 Å². The van der Waals surface area contributed by atoms with Gasteiger partial charge in [-0.05, 0) is 34.9 Å². The van der Waals surface area contributed by atoms with Crippen molar-refractivity contribution in [2.45, 2.75) is 6.42 Å². The summed E-state index contributed by atoms with van der Waals surface area (Å²) < 4.78 is 0. The summed E-state index contributed by atoms with van der Waals surface area (Å²) in [6, 6.07) is 12.3. The summed E-state index contributed by atoms with van der Waals surface area (Å²) >= 11 is 0. The average Bonchev–Trinajstić information content (AvgIpc) is 2.84. The number of benzene rings is 1. The van der Waals surface area contributed by atoms with Crippen LogP contribution in [0.25, 0.3) is 22.0 Å². The fourth-order valence-corrected chi connectivity index (χ4v) is 2.25. The van der Waals surface area contributed by atoms with E-state index in [9.17, 15) is 0 Å². The minimum Gasteiger partial charge on any atom is -0.361 e. The molecule has 0 fully saturated rings. The van der Waals surface area contributed by atoms with Crippen molar-refractivity contribution in [3.05, 3.63) is 54.5 Å². The van der Waals surface area contributed by atoms with E-state index < -0.39 is 0 Å². The second-order valence-electron chi connectivity index (χ2n) is 4.11. The van der Waals surface area contributed by atoms with Gasteiger partial charge in [-0.25, -0.2) is 0 Å². The Morgan fingerprint density at radius 2 is 2.00 bits per heavy atom. The number of nitrogens with one attached hydrogen (secondary N) is 1. The van der Waals surface area contributed by atoms with Gasteiger partial charge in [-0.2, -0.15) is 5.26 Å². The summed E-state index contributed by atoms with van der Waals surface area (Å²) in [5.41, 5.74) is 4.37. The maximum atomic E-state index is 8.89. The number of fused-ring (bicyclic) bond motifs is 1. The van der Waals surface area contributed by atoms with Crippen molar-refractivity contribution in [3.8, 4) is 17.2 Å². The molecule has 0 unspecified atom stereocenters. The molecule has 2 heterocycles. The second kappa shape index (κ2) is 4.34.